The van der Waals surface area contributed by atoms with Gasteiger partial charge in [0.15, 0.2) is 0 Å². The maximum absolute atomic E-state index is 11.0. The molecule has 0 amide bonds. The van der Waals surface area contributed by atoms with Crippen LogP contribution in [0.2, 0.25) is 0 Å². The van der Waals surface area contributed by atoms with E-state index in [4.69, 9.17) is 5.11 Å². The van der Waals surface area contributed by atoms with Crippen molar-refractivity contribution in [2.24, 2.45) is 10.2 Å². The van der Waals surface area contributed by atoms with Crippen molar-refractivity contribution < 1.29 is 9.90 Å². The van der Waals surface area contributed by atoms with Crippen LogP contribution in [0.1, 0.15) is 21.5 Å². The molecule has 0 spiro atoms. The second kappa shape index (κ2) is 5.44. The van der Waals surface area contributed by atoms with Crippen LogP contribution in [-0.4, -0.2) is 11.1 Å². The third-order valence-corrected chi connectivity index (χ3v) is 2.90. The van der Waals surface area contributed by atoms with E-state index in [9.17, 15) is 4.79 Å². The molecule has 96 valence electrons. The lowest BCUT2D eigenvalue weighted by molar-refractivity contribution is 0.0698. The number of azo groups is 1. The summed E-state index contributed by atoms with van der Waals surface area (Å²) < 4.78 is 0. The predicted molar refractivity (Wildman–Crippen MR) is 73.5 cm³/mol. The van der Waals surface area contributed by atoms with Crippen molar-refractivity contribution in [3.8, 4) is 0 Å². The number of aromatic carboxylic acids is 1. The molecule has 0 aliphatic heterocycles. The van der Waals surface area contributed by atoms with E-state index in [2.05, 4.69) is 10.2 Å². The van der Waals surface area contributed by atoms with Crippen molar-refractivity contribution >= 4 is 17.3 Å². The zero-order valence-corrected chi connectivity index (χ0v) is 10.8. The van der Waals surface area contributed by atoms with Crippen LogP contribution in [0, 0.1) is 13.8 Å². The molecule has 0 unspecified atom stereocenters. The second-order valence-corrected chi connectivity index (χ2v) is 4.29. The highest BCUT2D eigenvalue weighted by molar-refractivity contribution is 5.93. The SMILES string of the molecule is Cc1ccc(N=Nc2ccccc2C(=O)O)cc1C. The standard InChI is InChI=1S/C15H14N2O2/c1-10-7-8-12(9-11(10)2)16-17-14-6-4-3-5-13(14)15(18)19/h3-9H,1-2H3,(H,18,19). The summed E-state index contributed by atoms with van der Waals surface area (Å²) in [7, 11) is 0. The van der Waals surface area contributed by atoms with E-state index < -0.39 is 5.97 Å². The van der Waals surface area contributed by atoms with Crippen molar-refractivity contribution in [2.45, 2.75) is 13.8 Å². The number of carbonyl (C=O) groups is 1. The van der Waals surface area contributed by atoms with Gasteiger partial charge in [-0.3, -0.25) is 0 Å². The Hall–Kier alpha value is -2.49. The highest BCUT2D eigenvalue weighted by Crippen LogP contribution is 2.23. The van der Waals surface area contributed by atoms with Crippen LogP contribution in [-0.2, 0) is 0 Å². The Morgan fingerprint density at radius 1 is 1.00 bits per heavy atom. The van der Waals surface area contributed by atoms with Crippen molar-refractivity contribution in [3.63, 3.8) is 0 Å². The summed E-state index contributed by atoms with van der Waals surface area (Å²) in [6.07, 6.45) is 0. The van der Waals surface area contributed by atoms with Gasteiger partial charge in [0.1, 0.15) is 5.69 Å². The highest BCUT2D eigenvalue weighted by atomic mass is 16.4. The van der Waals surface area contributed by atoms with Crippen molar-refractivity contribution in [3.05, 3.63) is 59.2 Å². The first-order valence-electron chi connectivity index (χ1n) is 5.89. The summed E-state index contributed by atoms with van der Waals surface area (Å²) in [6, 6.07) is 12.3. The molecule has 4 heteroatoms. The summed E-state index contributed by atoms with van der Waals surface area (Å²) in [5, 5.41) is 17.1. The first kappa shape index (κ1) is 13.0. The van der Waals surface area contributed by atoms with E-state index >= 15 is 0 Å². The van der Waals surface area contributed by atoms with Gasteiger partial charge < -0.3 is 5.11 Å². The third-order valence-electron chi connectivity index (χ3n) is 2.90. The Balaban J connectivity index is 2.32. The van der Waals surface area contributed by atoms with Gasteiger partial charge in [-0.25, -0.2) is 4.79 Å². The molecule has 0 aliphatic rings. The number of carboxylic acids is 1. The summed E-state index contributed by atoms with van der Waals surface area (Å²) in [5.74, 6) is -1.00. The first-order chi connectivity index (χ1) is 9.08. The summed E-state index contributed by atoms with van der Waals surface area (Å²) in [4.78, 5) is 11.0. The lowest BCUT2D eigenvalue weighted by Gasteiger charge is -2.01. The van der Waals surface area contributed by atoms with E-state index in [1.54, 1.807) is 18.2 Å². The van der Waals surface area contributed by atoms with Gasteiger partial charge in [0.2, 0.25) is 0 Å². The third kappa shape index (κ3) is 3.04. The fraction of sp³-hybridized carbons (Fsp3) is 0.133. The quantitative estimate of drug-likeness (QED) is 0.824. The van der Waals surface area contributed by atoms with Crippen molar-refractivity contribution in [1.82, 2.24) is 0 Å². The molecule has 1 N–H and O–H groups in total. The number of aryl methyl sites for hydroxylation is 2. The Labute approximate surface area is 111 Å². The average Bonchev–Trinajstić information content (AvgIpc) is 2.40. The van der Waals surface area contributed by atoms with Gasteiger partial charge in [-0.15, -0.1) is 5.11 Å². The molecule has 0 atom stereocenters. The molecule has 2 aromatic rings. The molecule has 0 radical (unpaired) electrons. The molecule has 0 aliphatic carbocycles. The second-order valence-electron chi connectivity index (χ2n) is 4.29. The molecule has 0 saturated carbocycles. The molecule has 2 rings (SSSR count). The van der Waals surface area contributed by atoms with Crippen LogP contribution in [0.4, 0.5) is 11.4 Å². The molecule has 0 bridgehead atoms. The monoisotopic (exact) mass is 254 g/mol. The minimum atomic E-state index is -1.00. The minimum absolute atomic E-state index is 0.148. The van der Waals surface area contributed by atoms with E-state index in [1.807, 2.05) is 32.0 Å². The predicted octanol–water partition coefficient (Wildman–Crippen LogP) is 4.42. The largest absolute Gasteiger partial charge is 0.478 e. The molecular weight excluding hydrogens is 240 g/mol. The van der Waals surface area contributed by atoms with E-state index in [1.165, 1.54) is 11.6 Å². The van der Waals surface area contributed by atoms with E-state index in [0.29, 0.717) is 11.4 Å². The first-order valence-corrected chi connectivity index (χ1v) is 5.89. The number of rotatable bonds is 3. The molecular formula is C15H14N2O2. The number of hydrogen-bond acceptors (Lipinski definition) is 3. The van der Waals surface area contributed by atoms with Gasteiger partial charge in [0.25, 0.3) is 0 Å². The Bertz CT molecular complexity index is 648. The Morgan fingerprint density at radius 3 is 2.42 bits per heavy atom. The maximum Gasteiger partial charge on any atom is 0.337 e. The van der Waals surface area contributed by atoms with Crippen LogP contribution in [0.3, 0.4) is 0 Å². The smallest absolute Gasteiger partial charge is 0.337 e. The molecule has 4 nitrogen and oxygen atoms in total. The average molecular weight is 254 g/mol. The minimum Gasteiger partial charge on any atom is -0.478 e. The van der Waals surface area contributed by atoms with Gasteiger partial charge in [-0.05, 0) is 49.2 Å². The van der Waals surface area contributed by atoms with Crippen LogP contribution >= 0.6 is 0 Å². The number of hydrogen-bond donors (Lipinski definition) is 1. The number of carboxylic acid groups (broad SMARTS) is 1. The van der Waals surface area contributed by atoms with E-state index in [0.717, 1.165) is 5.56 Å². The zero-order valence-electron chi connectivity index (χ0n) is 10.8. The van der Waals surface area contributed by atoms with Gasteiger partial charge in [-0.1, -0.05) is 18.2 Å². The lowest BCUT2D eigenvalue weighted by Crippen LogP contribution is -1.95. The number of benzene rings is 2. The fourth-order valence-electron chi connectivity index (χ4n) is 1.64. The summed E-state index contributed by atoms with van der Waals surface area (Å²) in [5.41, 5.74) is 3.53. The molecule has 19 heavy (non-hydrogen) atoms. The normalized spacial score (nSPS) is 10.8. The highest BCUT2D eigenvalue weighted by Gasteiger charge is 2.07. The van der Waals surface area contributed by atoms with Gasteiger partial charge in [0, 0.05) is 0 Å². The van der Waals surface area contributed by atoms with Crippen LogP contribution in [0.25, 0.3) is 0 Å². The summed E-state index contributed by atoms with van der Waals surface area (Å²) in [6.45, 7) is 4.02. The van der Waals surface area contributed by atoms with Crippen LogP contribution in [0.5, 0.6) is 0 Å². The van der Waals surface area contributed by atoms with E-state index in [-0.39, 0.29) is 5.56 Å². The van der Waals surface area contributed by atoms with Gasteiger partial charge >= 0.3 is 5.97 Å². The Morgan fingerprint density at radius 2 is 1.74 bits per heavy atom. The summed E-state index contributed by atoms with van der Waals surface area (Å²) >= 11 is 0. The van der Waals surface area contributed by atoms with Gasteiger partial charge in [-0.2, -0.15) is 5.11 Å². The molecule has 0 fully saturated rings. The lowest BCUT2D eigenvalue weighted by atomic mass is 10.1. The van der Waals surface area contributed by atoms with Crippen LogP contribution < -0.4 is 0 Å². The maximum atomic E-state index is 11.0. The van der Waals surface area contributed by atoms with Crippen molar-refractivity contribution in [2.75, 3.05) is 0 Å². The van der Waals surface area contributed by atoms with Crippen LogP contribution in [0.15, 0.2) is 52.7 Å². The molecule has 2 aromatic carbocycles. The zero-order chi connectivity index (χ0) is 13.8. The molecule has 0 heterocycles. The Kier molecular flexibility index (Phi) is 3.71. The van der Waals surface area contributed by atoms with Gasteiger partial charge in [0.05, 0.1) is 11.3 Å². The van der Waals surface area contributed by atoms with Crippen molar-refractivity contribution in [1.29, 1.82) is 0 Å². The molecule has 0 aromatic heterocycles. The fourth-order valence-corrected chi connectivity index (χ4v) is 1.64. The molecule has 0 saturated heterocycles. The number of nitrogens with zero attached hydrogens (tertiary/aromatic N) is 2. The topological polar surface area (TPSA) is 62.0 Å².